The van der Waals surface area contributed by atoms with Gasteiger partial charge in [-0.15, -0.1) is 0 Å². The molecule has 1 amide bonds. The predicted octanol–water partition coefficient (Wildman–Crippen LogP) is 3.38. The maximum atomic E-state index is 13.4. The van der Waals surface area contributed by atoms with Gasteiger partial charge in [-0.2, -0.15) is 0 Å². The third-order valence-electron chi connectivity index (χ3n) is 3.93. The second-order valence-corrected chi connectivity index (χ2v) is 5.26. The number of hydrogen-bond donors (Lipinski definition) is 1. The number of halogens is 1. The minimum Gasteiger partial charge on any atom is -0.388 e. The van der Waals surface area contributed by atoms with Crippen LogP contribution in [0.15, 0.2) is 36.4 Å². The molecule has 0 aromatic heterocycles. The van der Waals surface area contributed by atoms with E-state index in [1.807, 2.05) is 26.1 Å². The normalized spacial score (nSPS) is 13.2. The lowest BCUT2D eigenvalue weighted by atomic mass is 10.1. The van der Waals surface area contributed by atoms with Crippen LogP contribution in [0, 0.1) is 12.7 Å². The molecule has 2 aromatic rings. The first kappa shape index (κ1) is 13.6. The second kappa shape index (κ2) is 5.20. The van der Waals surface area contributed by atoms with Crippen LogP contribution in [0.3, 0.4) is 0 Å². The van der Waals surface area contributed by atoms with Crippen LogP contribution >= 0.6 is 0 Å². The zero-order valence-electron chi connectivity index (χ0n) is 12.1. The van der Waals surface area contributed by atoms with Crippen molar-refractivity contribution in [2.24, 2.45) is 0 Å². The van der Waals surface area contributed by atoms with Crippen molar-refractivity contribution in [3.8, 4) is 0 Å². The summed E-state index contributed by atoms with van der Waals surface area (Å²) in [5.74, 6) is -0.389. The fourth-order valence-electron chi connectivity index (χ4n) is 2.80. The van der Waals surface area contributed by atoms with E-state index in [0.29, 0.717) is 17.8 Å². The van der Waals surface area contributed by atoms with E-state index in [0.717, 1.165) is 23.2 Å². The summed E-state index contributed by atoms with van der Waals surface area (Å²) >= 11 is 0. The number of hydrogen-bond acceptors (Lipinski definition) is 2. The number of rotatable bonds is 2. The van der Waals surface area contributed by atoms with Crippen LogP contribution in [0.5, 0.6) is 0 Å². The highest BCUT2D eigenvalue weighted by molar-refractivity contribution is 6.07. The third-order valence-corrected chi connectivity index (χ3v) is 3.93. The Kier molecular flexibility index (Phi) is 3.37. The van der Waals surface area contributed by atoms with E-state index < -0.39 is 0 Å². The maximum Gasteiger partial charge on any atom is 0.258 e. The Hall–Kier alpha value is -2.36. The lowest BCUT2D eigenvalue weighted by Gasteiger charge is -2.18. The van der Waals surface area contributed by atoms with Crippen LogP contribution in [-0.4, -0.2) is 19.5 Å². The van der Waals surface area contributed by atoms with E-state index in [1.54, 1.807) is 17.0 Å². The van der Waals surface area contributed by atoms with Gasteiger partial charge >= 0.3 is 0 Å². The number of carbonyl (C=O) groups is 1. The molecule has 0 unspecified atom stereocenters. The quantitative estimate of drug-likeness (QED) is 0.917. The minimum absolute atomic E-state index is 0.0786. The number of benzene rings is 2. The van der Waals surface area contributed by atoms with Gasteiger partial charge in [0.1, 0.15) is 5.82 Å². The Balaban J connectivity index is 1.94. The smallest absolute Gasteiger partial charge is 0.258 e. The summed E-state index contributed by atoms with van der Waals surface area (Å²) in [5, 5.41) is 3.08. The van der Waals surface area contributed by atoms with Gasteiger partial charge in [-0.05, 0) is 54.8 Å². The van der Waals surface area contributed by atoms with Crippen molar-refractivity contribution in [2.45, 2.75) is 13.3 Å². The number of fused-ring (bicyclic) bond motifs is 1. The van der Waals surface area contributed by atoms with E-state index in [4.69, 9.17) is 0 Å². The van der Waals surface area contributed by atoms with Gasteiger partial charge in [0.25, 0.3) is 5.91 Å². The highest BCUT2D eigenvalue weighted by Gasteiger charge is 2.26. The van der Waals surface area contributed by atoms with Crippen LogP contribution in [0.4, 0.5) is 15.8 Å². The number of aryl methyl sites for hydroxylation is 1. The molecule has 1 aliphatic rings. The topological polar surface area (TPSA) is 32.3 Å². The lowest BCUT2D eigenvalue weighted by molar-refractivity contribution is 0.0989. The molecule has 0 atom stereocenters. The molecule has 2 aromatic carbocycles. The summed E-state index contributed by atoms with van der Waals surface area (Å²) in [7, 11) is 1.85. The SMILES string of the molecule is CNc1ccc(C(=O)N2CCc3ccc(F)cc32)cc1C. The molecule has 108 valence electrons. The van der Waals surface area contributed by atoms with Gasteiger partial charge in [-0.1, -0.05) is 6.07 Å². The molecule has 3 rings (SSSR count). The van der Waals surface area contributed by atoms with E-state index in [2.05, 4.69) is 5.32 Å². The molecule has 0 bridgehead atoms. The van der Waals surface area contributed by atoms with Crippen LogP contribution in [0.25, 0.3) is 0 Å². The average Bonchev–Trinajstić information content (AvgIpc) is 2.89. The molecule has 3 nitrogen and oxygen atoms in total. The predicted molar refractivity (Wildman–Crippen MR) is 82.5 cm³/mol. The highest BCUT2D eigenvalue weighted by Crippen LogP contribution is 2.30. The van der Waals surface area contributed by atoms with Crippen LogP contribution < -0.4 is 10.2 Å². The van der Waals surface area contributed by atoms with E-state index in [1.165, 1.54) is 12.1 Å². The summed E-state index contributed by atoms with van der Waals surface area (Å²) in [6.07, 6.45) is 0.773. The third kappa shape index (κ3) is 2.37. The Morgan fingerprint density at radius 3 is 2.76 bits per heavy atom. The first-order valence-corrected chi connectivity index (χ1v) is 6.99. The number of carbonyl (C=O) groups excluding carboxylic acids is 1. The molecular weight excluding hydrogens is 267 g/mol. The van der Waals surface area contributed by atoms with Gasteiger partial charge in [0.2, 0.25) is 0 Å². The molecule has 0 saturated carbocycles. The van der Waals surface area contributed by atoms with Crippen molar-refractivity contribution in [3.05, 3.63) is 58.9 Å². The van der Waals surface area contributed by atoms with Crippen LogP contribution in [0.1, 0.15) is 21.5 Å². The van der Waals surface area contributed by atoms with Crippen molar-refractivity contribution in [1.82, 2.24) is 0 Å². The molecule has 1 heterocycles. The highest BCUT2D eigenvalue weighted by atomic mass is 19.1. The number of amides is 1. The van der Waals surface area contributed by atoms with Gasteiger partial charge in [-0.3, -0.25) is 4.79 Å². The summed E-state index contributed by atoms with van der Waals surface area (Å²) in [6, 6.07) is 10.2. The molecule has 21 heavy (non-hydrogen) atoms. The molecule has 0 saturated heterocycles. The monoisotopic (exact) mass is 284 g/mol. The van der Waals surface area contributed by atoms with E-state index in [9.17, 15) is 9.18 Å². The molecule has 1 N–H and O–H groups in total. The van der Waals surface area contributed by atoms with Crippen molar-refractivity contribution in [2.75, 3.05) is 23.8 Å². The van der Waals surface area contributed by atoms with Crippen molar-refractivity contribution in [1.29, 1.82) is 0 Å². The van der Waals surface area contributed by atoms with Crippen molar-refractivity contribution < 1.29 is 9.18 Å². The first-order chi connectivity index (χ1) is 10.1. The largest absolute Gasteiger partial charge is 0.388 e. The Labute approximate surface area is 123 Å². The van der Waals surface area contributed by atoms with E-state index in [-0.39, 0.29) is 11.7 Å². The first-order valence-electron chi connectivity index (χ1n) is 6.99. The Morgan fingerprint density at radius 1 is 1.24 bits per heavy atom. The van der Waals surface area contributed by atoms with Gasteiger partial charge in [0.05, 0.1) is 5.69 Å². The number of nitrogens with zero attached hydrogens (tertiary/aromatic N) is 1. The second-order valence-electron chi connectivity index (χ2n) is 5.26. The molecule has 1 aliphatic heterocycles. The number of nitrogens with one attached hydrogen (secondary N) is 1. The standard InChI is InChI=1S/C17H17FN2O/c1-11-9-13(4-6-15(11)19-2)17(21)20-8-7-12-3-5-14(18)10-16(12)20/h3-6,9-10,19H,7-8H2,1-2H3. The molecule has 0 fully saturated rings. The van der Waals surface area contributed by atoms with Crippen LogP contribution in [0.2, 0.25) is 0 Å². The zero-order valence-corrected chi connectivity index (χ0v) is 12.1. The van der Waals surface area contributed by atoms with Gasteiger partial charge < -0.3 is 10.2 Å². The summed E-state index contributed by atoms with van der Waals surface area (Å²) < 4.78 is 13.4. The minimum atomic E-state index is -0.310. The molecule has 0 aliphatic carbocycles. The zero-order chi connectivity index (χ0) is 15.0. The summed E-state index contributed by atoms with van der Waals surface area (Å²) in [6.45, 7) is 2.56. The van der Waals surface area contributed by atoms with Crippen LogP contribution in [-0.2, 0) is 6.42 Å². The van der Waals surface area contributed by atoms with Crippen molar-refractivity contribution >= 4 is 17.3 Å². The van der Waals surface area contributed by atoms with Gasteiger partial charge in [0, 0.05) is 24.8 Å². The molecule has 4 heteroatoms. The van der Waals surface area contributed by atoms with Gasteiger partial charge in [-0.25, -0.2) is 4.39 Å². The molecular formula is C17H17FN2O. The Morgan fingerprint density at radius 2 is 2.05 bits per heavy atom. The maximum absolute atomic E-state index is 13.4. The summed E-state index contributed by atoms with van der Waals surface area (Å²) in [4.78, 5) is 14.3. The van der Waals surface area contributed by atoms with Crippen molar-refractivity contribution in [3.63, 3.8) is 0 Å². The fourth-order valence-corrected chi connectivity index (χ4v) is 2.80. The fraction of sp³-hybridized carbons (Fsp3) is 0.235. The molecule has 0 spiro atoms. The summed E-state index contributed by atoms with van der Waals surface area (Å²) in [5.41, 5.74) is 4.36. The van der Waals surface area contributed by atoms with E-state index >= 15 is 0 Å². The average molecular weight is 284 g/mol. The molecule has 0 radical (unpaired) electrons. The Bertz CT molecular complexity index is 712. The lowest BCUT2D eigenvalue weighted by Crippen LogP contribution is -2.29. The number of anilines is 2. The van der Waals surface area contributed by atoms with Gasteiger partial charge in [0.15, 0.2) is 0 Å².